The van der Waals surface area contributed by atoms with Crippen LogP contribution in [-0.4, -0.2) is 6.61 Å². The van der Waals surface area contributed by atoms with Gasteiger partial charge in [-0.1, -0.05) is 50.6 Å². The van der Waals surface area contributed by atoms with E-state index in [0.717, 1.165) is 24.7 Å². The van der Waals surface area contributed by atoms with Gasteiger partial charge in [0.1, 0.15) is 5.75 Å². The number of hydrogen-bond acceptors (Lipinski definition) is 1. The number of fused-ring (bicyclic) bond motifs is 1. The molecule has 0 bridgehead atoms. The summed E-state index contributed by atoms with van der Waals surface area (Å²) in [4.78, 5) is 0. The third-order valence-corrected chi connectivity index (χ3v) is 4.64. The van der Waals surface area contributed by atoms with Gasteiger partial charge in [-0.15, -0.1) is 0 Å². The number of benzene rings is 2. The van der Waals surface area contributed by atoms with Crippen molar-refractivity contribution in [1.29, 1.82) is 0 Å². The first-order valence-corrected chi connectivity index (χ1v) is 8.61. The first-order chi connectivity index (χ1) is 10.8. The maximum atomic E-state index is 5.74. The molecule has 1 atom stereocenters. The Balaban J connectivity index is 1.74. The molecule has 0 heterocycles. The van der Waals surface area contributed by atoms with Crippen molar-refractivity contribution in [3.63, 3.8) is 0 Å². The van der Waals surface area contributed by atoms with Gasteiger partial charge in [-0.25, -0.2) is 0 Å². The maximum Gasteiger partial charge on any atom is 0.119 e. The maximum absolute atomic E-state index is 5.74. The van der Waals surface area contributed by atoms with Crippen LogP contribution in [0.3, 0.4) is 0 Å². The first-order valence-electron chi connectivity index (χ1n) is 8.61. The Labute approximate surface area is 134 Å². The largest absolute Gasteiger partial charge is 0.494 e. The van der Waals surface area contributed by atoms with Crippen LogP contribution in [0, 0.1) is 5.92 Å². The summed E-state index contributed by atoms with van der Waals surface area (Å²) in [6.07, 6.45) is 6.07. The fourth-order valence-corrected chi connectivity index (χ4v) is 3.19. The third kappa shape index (κ3) is 3.52. The molecule has 0 fully saturated rings. The average molecular weight is 294 g/mol. The van der Waals surface area contributed by atoms with Crippen LogP contribution in [0.4, 0.5) is 0 Å². The standard InChI is InChI=1S/C21H26O/c1-3-4-13-22-21-11-9-17(10-12-21)19-8-7-18-14-16(2)5-6-20(18)15-19/h7-12,15-16H,3-6,13-14H2,1-2H3. The van der Waals surface area contributed by atoms with E-state index in [9.17, 15) is 0 Å². The summed E-state index contributed by atoms with van der Waals surface area (Å²) in [6.45, 7) is 5.35. The Kier molecular flexibility index (Phi) is 4.82. The molecule has 2 aromatic rings. The number of rotatable bonds is 5. The normalized spacial score (nSPS) is 17.1. The fourth-order valence-electron chi connectivity index (χ4n) is 3.19. The molecule has 0 radical (unpaired) electrons. The molecule has 1 aliphatic carbocycles. The van der Waals surface area contributed by atoms with Gasteiger partial charge in [-0.3, -0.25) is 0 Å². The van der Waals surface area contributed by atoms with Crippen LogP contribution in [0.2, 0.25) is 0 Å². The summed E-state index contributed by atoms with van der Waals surface area (Å²) >= 11 is 0. The zero-order valence-corrected chi connectivity index (χ0v) is 13.8. The molecule has 0 aromatic heterocycles. The minimum atomic E-state index is 0.812. The Morgan fingerprint density at radius 3 is 2.55 bits per heavy atom. The van der Waals surface area contributed by atoms with Crippen LogP contribution in [0.1, 0.15) is 44.2 Å². The minimum Gasteiger partial charge on any atom is -0.494 e. The van der Waals surface area contributed by atoms with E-state index in [1.807, 2.05) is 0 Å². The number of hydrogen-bond donors (Lipinski definition) is 0. The van der Waals surface area contributed by atoms with E-state index in [4.69, 9.17) is 4.74 Å². The van der Waals surface area contributed by atoms with E-state index in [2.05, 4.69) is 56.3 Å². The van der Waals surface area contributed by atoms with Crippen LogP contribution in [-0.2, 0) is 12.8 Å². The Morgan fingerprint density at radius 2 is 1.77 bits per heavy atom. The van der Waals surface area contributed by atoms with Crippen molar-refractivity contribution >= 4 is 0 Å². The molecule has 0 spiro atoms. The Bertz CT molecular complexity index is 612. The average Bonchev–Trinajstić information content (AvgIpc) is 2.55. The van der Waals surface area contributed by atoms with Gasteiger partial charge in [0.25, 0.3) is 0 Å². The molecule has 2 aromatic carbocycles. The Hall–Kier alpha value is -1.76. The van der Waals surface area contributed by atoms with E-state index in [1.54, 1.807) is 11.1 Å². The van der Waals surface area contributed by atoms with Gasteiger partial charge < -0.3 is 4.74 Å². The lowest BCUT2D eigenvalue weighted by molar-refractivity contribution is 0.309. The van der Waals surface area contributed by atoms with Crippen LogP contribution >= 0.6 is 0 Å². The minimum absolute atomic E-state index is 0.812. The topological polar surface area (TPSA) is 9.23 Å². The lowest BCUT2D eigenvalue weighted by atomic mass is 9.83. The van der Waals surface area contributed by atoms with Crippen molar-refractivity contribution in [2.24, 2.45) is 5.92 Å². The summed E-state index contributed by atoms with van der Waals surface area (Å²) in [5.74, 6) is 1.81. The van der Waals surface area contributed by atoms with Gasteiger partial charge in [0, 0.05) is 0 Å². The number of aryl methyl sites for hydroxylation is 1. The summed E-state index contributed by atoms with van der Waals surface area (Å²) in [7, 11) is 0. The van der Waals surface area contributed by atoms with Crippen LogP contribution in [0.5, 0.6) is 5.75 Å². The van der Waals surface area contributed by atoms with Crippen molar-refractivity contribution in [1.82, 2.24) is 0 Å². The lowest BCUT2D eigenvalue weighted by Gasteiger charge is -2.22. The highest BCUT2D eigenvalue weighted by molar-refractivity contribution is 5.65. The second kappa shape index (κ2) is 7.00. The van der Waals surface area contributed by atoms with Crippen molar-refractivity contribution in [3.05, 3.63) is 53.6 Å². The van der Waals surface area contributed by atoms with Crippen LogP contribution in [0.15, 0.2) is 42.5 Å². The van der Waals surface area contributed by atoms with Gasteiger partial charge in [0.15, 0.2) is 0 Å². The molecule has 1 aliphatic rings. The molecule has 1 unspecified atom stereocenters. The van der Waals surface area contributed by atoms with Crippen molar-refractivity contribution < 1.29 is 4.74 Å². The van der Waals surface area contributed by atoms with E-state index >= 15 is 0 Å². The predicted molar refractivity (Wildman–Crippen MR) is 93.5 cm³/mol. The van der Waals surface area contributed by atoms with Crippen molar-refractivity contribution in [2.75, 3.05) is 6.61 Å². The molecule has 116 valence electrons. The molecule has 1 heteroatoms. The fraction of sp³-hybridized carbons (Fsp3) is 0.429. The quantitative estimate of drug-likeness (QED) is 0.647. The highest BCUT2D eigenvalue weighted by atomic mass is 16.5. The number of unbranched alkanes of at least 4 members (excludes halogenated alkanes) is 1. The molecule has 0 aliphatic heterocycles. The number of ether oxygens (including phenoxy) is 1. The van der Waals surface area contributed by atoms with Crippen LogP contribution < -0.4 is 4.74 Å². The zero-order valence-electron chi connectivity index (χ0n) is 13.8. The second-order valence-corrected chi connectivity index (χ2v) is 6.56. The molecule has 0 amide bonds. The van der Waals surface area contributed by atoms with Gasteiger partial charge in [0.2, 0.25) is 0 Å². The summed E-state index contributed by atoms with van der Waals surface area (Å²) in [6, 6.07) is 15.5. The third-order valence-electron chi connectivity index (χ3n) is 4.64. The molecular weight excluding hydrogens is 268 g/mol. The van der Waals surface area contributed by atoms with Gasteiger partial charge >= 0.3 is 0 Å². The van der Waals surface area contributed by atoms with Crippen molar-refractivity contribution in [3.8, 4) is 16.9 Å². The second-order valence-electron chi connectivity index (χ2n) is 6.56. The summed E-state index contributed by atoms with van der Waals surface area (Å²) in [5, 5.41) is 0. The molecule has 0 saturated heterocycles. The highest BCUT2D eigenvalue weighted by Gasteiger charge is 2.15. The molecule has 22 heavy (non-hydrogen) atoms. The molecule has 1 nitrogen and oxygen atoms in total. The zero-order chi connectivity index (χ0) is 15.4. The molecule has 3 rings (SSSR count). The smallest absolute Gasteiger partial charge is 0.119 e. The highest BCUT2D eigenvalue weighted by Crippen LogP contribution is 2.30. The monoisotopic (exact) mass is 294 g/mol. The van der Waals surface area contributed by atoms with E-state index in [-0.39, 0.29) is 0 Å². The summed E-state index contributed by atoms with van der Waals surface area (Å²) in [5.41, 5.74) is 5.69. The summed E-state index contributed by atoms with van der Waals surface area (Å²) < 4.78 is 5.74. The van der Waals surface area contributed by atoms with Crippen molar-refractivity contribution in [2.45, 2.75) is 46.0 Å². The van der Waals surface area contributed by atoms with E-state index in [0.29, 0.717) is 0 Å². The molecule has 0 saturated carbocycles. The van der Waals surface area contributed by atoms with Gasteiger partial charge in [-0.05, 0) is 66.0 Å². The first kappa shape index (κ1) is 15.1. The Morgan fingerprint density at radius 1 is 1.00 bits per heavy atom. The van der Waals surface area contributed by atoms with Gasteiger partial charge in [0.05, 0.1) is 6.61 Å². The molecule has 0 N–H and O–H groups in total. The van der Waals surface area contributed by atoms with Crippen LogP contribution in [0.25, 0.3) is 11.1 Å². The molecular formula is C21H26O. The predicted octanol–water partition coefficient (Wildman–Crippen LogP) is 5.66. The lowest BCUT2D eigenvalue weighted by Crippen LogP contribution is -2.11. The SMILES string of the molecule is CCCCOc1ccc(-c2ccc3c(c2)CCC(C)C3)cc1. The van der Waals surface area contributed by atoms with E-state index in [1.165, 1.54) is 36.8 Å². The van der Waals surface area contributed by atoms with Gasteiger partial charge in [-0.2, -0.15) is 0 Å². The van der Waals surface area contributed by atoms with E-state index < -0.39 is 0 Å².